The van der Waals surface area contributed by atoms with E-state index in [1.165, 1.54) is 19.4 Å². The fourth-order valence-corrected chi connectivity index (χ4v) is 1.34. The predicted molar refractivity (Wildman–Crippen MR) is 59.8 cm³/mol. The van der Waals surface area contributed by atoms with Crippen molar-refractivity contribution in [1.82, 2.24) is 14.8 Å². The highest BCUT2D eigenvalue weighted by molar-refractivity contribution is 5.74. The van der Waals surface area contributed by atoms with Gasteiger partial charge in [-0.2, -0.15) is 5.10 Å². The van der Waals surface area contributed by atoms with Crippen LogP contribution in [-0.2, 0) is 0 Å². The topological polar surface area (TPSA) is 103 Å². The molecule has 0 atom stereocenters. The summed E-state index contributed by atoms with van der Waals surface area (Å²) in [4.78, 5) is 14.7. The lowest BCUT2D eigenvalue weighted by Crippen LogP contribution is -2.12. The third-order valence-corrected chi connectivity index (χ3v) is 2.16. The number of methoxy groups -OCH3 is 1. The molecule has 0 aliphatic rings. The Hall–Kier alpha value is -2.57. The van der Waals surface area contributed by atoms with Gasteiger partial charge in [0.1, 0.15) is 5.82 Å². The third kappa shape index (κ3) is 2.03. The number of carbonyl (C=O) groups is 1. The number of nitrogens with zero attached hydrogens (tertiary/aromatic N) is 3. The molecule has 0 bridgehead atoms. The van der Waals surface area contributed by atoms with E-state index in [4.69, 9.17) is 15.6 Å². The van der Waals surface area contributed by atoms with Crippen LogP contribution in [-0.4, -0.2) is 33.1 Å². The Bertz CT molecular complexity index is 547. The molecule has 0 saturated heterocycles. The van der Waals surface area contributed by atoms with Crippen LogP contribution in [0.1, 0.15) is 0 Å². The molecule has 0 aromatic carbocycles. The quantitative estimate of drug-likeness (QED) is 0.805. The Kier molecular flexibility index (Phi) is 2.65. The van der Waals surface area contributed by atoms with Gasteiger partial charge < -0.3 is 15.6 Å². The van der Waals surface area contributed by atoms with Gasteiger partial charge in [0.15, 0.2) is 0 Å². The molecule has 7 nitrogen and oxygen atoms in total. The highest BCUT2D eigenvalue weighted by atomic mass is 16.5. The summed E-state index contributed by atoms with van der Waals surface area (Å²) in [5.74, 6) is 0.530. The minimum atomic E-state index is -1.23. The van der Waals surface area contributed by atoms with E-state index in [0.717, 1.165) is 0 Å². The van der Waals surface area contributed by atoms with Gasteiger partial charge in [0.2, 0.25) is 5.88 Å². The van der Waals surface area contributed by atoms with Crippen LogP contribution < -0.4 is 10.5 Å². The largest absolute Gasteiger partial charge is 0.481 e. The van der Waals surface area contributed by atoms with Gasteiger partial charge in [-0.05, 0) is 6.07 Å². The summed E-state index contributed by atoms with van der Waals surface area (Å²) >= 11 is 0. The van der Waals surface area contributed by atoms with Crippen LogP contribution in [0.4, 0.5) is 10.6 Å². The monoisotopic (exact) mass is 234 g/mol. The van der Waals surface area contributed by atoms with Gasteiger partial charge in [0, 0.05) is 23.9 Å². The van der Waals surface area contributed by atoms with Crippen LogP contribution in [0.3, 0.4) is 0 Å². The van der Waals surface area contributed by atoms with Gasteiger partial charge in [0.25, 0.3) is 0 Å². The molecule has 0 saturated carbocycles. The number of hydrogen-bond donors (Lipinski definition) is 2. The van der Waals surface area contributed by atoms with Crippen molar-refractivity contribution in [2.75, 3.05) is 12.8 Å². The molecule has 0 spiro atoms. The van der Waals surface area contributed by atoms with Gasteiger partial charge in [0.05, 0.1) is 12.8 Å². The summed E-state index contributed by atoms with van der Waals surface area (Å²) in [7, 11) is 1.51. The van der Waals surface area contributed by atoms with Crippen molar-refractivity contribution >= 4 is 11.9 Å². The molecular formula is C10H10N4O3. The van der Waals surface area contributed by atoms with Crippen molar-refractivity contribution in [3.8, 4) is 17.1 Å². The fourth-order valence-electron chi connectivity index (χ4n) is 1.34. The lowest BCUT2D eigenvalue weighted by molar-refractivity contribution is 0.193. The Labute approximate surface area is 96.5 Å². The minimum absolute atomic E-state index is 0.0586. The number of aromatic nitrogens is 3. The van der Waals surface area contributed by atoms with Crippen molar-refractivity contribution in [1.29, 1.82) is 0 Å². The first-order valence-electron chi connectivity index (χ1n) is 4.71. The van der Waals surface area contributed by atoms with Gasteiger partial charge in [-0.3, -0.25) is 0 Å². The molecule has 17 heavy (non-hydrogen) atoms. The van der Waals surface area contributed by atoms with Crippen molar-refractivity contribution in [2.45, 2.75) is 0 Å². The maximum atomic E-state index is 10.8. The Morgan fingerprint density at radius 1 is 1.53 bits per heavy atom. The lowest BCUT2D eigenvalue weighted by Gasteiger charge is -1.99. The molecule has 0 fully saturated rings. The molecular weight excluding hydrogens is 224 g/mol. The van der Waals surface area contributed by atoms with Crippen molar-refractivity contribution in [3.05, 3.63) is 24.4 Å². The number of ether oxygens (including phenoxy) is 1. The second-order valence-electron chi connectivity index (χ2n) is 3.24. The summed E-state index contributed by atoms with van der Waals surface area (Å²) in [5, 5.41) is 12.6. The van der Waals surface area contributed by atoms with E-state index in [2.05, 4.69) is 10.1 Å². The summed E-state index contributed by atoms with van der Waals surface area (Å²) in [6, 6.07) is 4.85. The molecule has 2 aromatic rings. The normalized spacial score (nSPS) is 10.2. The molecule has 0 unspecified atom stereocenters. The van der Waals surface area contributed by atoms with Crippen molar-refractivity contribution in [3.63, 3.8) is 0 Å². The van der Waals surface area contributed by atoms with Gasteiger partial charge in [-0.1, -0.05) is 0 Å². The smallest absolute Gasteiger partial charge is 0.434 e. The summed E-state index contributed by atoms with van der Waals surface area (Å²) < 4.78 is 5.62. The highest BCUT2D eigenvalue weighted by Gasteiger charge is 2.12. The van der Waals surface area contributed by atoms with E-state index in [1.807, 2.05) is 0 Å². The van der Waals surface area contributed by atoms with E-state index in [-0.39, 0.29) is 5.82 Å². The molecule has 0 amide bonds. The van der Waals surface area contributed by atoms with Crippen LogP contribution in [0.15, 0.2) is 24.4 Å². The van der Waals surface area contributed by atoms with Gasteiger partial charge in [-0.25, -0.2) is 9.78 Å². The summed E-state index contributed by atoms with van der Waals surface area (Å²) in [5.41, 5.74) is 6.62. The number of pyridine rings is 1. The Morgan fingerprint density at radius 2 is 2.29 bits per heavy atom. The van der Waals surface area contributed by atoms with Crippen molar-refractivity contribution in [2.24, 2.45) is 0 Å². The third-order valence-electron chi connectivity index (χ3n) is 2.16. The van der Waals surface area contributed by atoms with E-state index in [9.17, 15) is 4.79 Å². The van der Waals surface area contributed by atoms with Crippen molar-refractivity contribution < 1.29 is 14.6 Å². The number of anilines is 1. The molecule has 2 rings (SSSR count). The minimum Gasteiger partial charge on any atom is -0.481 e. The van der Waals surface area contributed by atoms with E-state index >= 15 is 0 Å². The van der Waals surface area contributed by atoms with Crippen LogP contribution in [0.2, 0.25) is 0 Å². The molecule has 0 aliphatic carbocycles. The maximum Gasteiger partial charge on any atom is 0.434 e. The number of hydrogen-bond acceptors (Lipinski definition) is 5. The second kappa shape index (κ2) is 4.12. The average Bonchev–Trinajstić information content (AvgIpc) is 2.71. The van der Waals surface area contributed by atoms with Gasteiger partial charge in [-0.15, -0.1) is 4.68 Å². The number of nitrogens with two attached hydrogens (primary N) is 1. The first-order chi connectivity index (χ1) is 8.11. The summed E-state index contributed by atoms with van der Waals surface area (Å²) in [6.45, 7) is 0. The number of rotatable bonds is 2. The molecule has 7 heteroatoms. The molecule has 2 heterocycles. The lowest BCUT2D eigenvalue weighted by atomic mass is 10.2. The van der Waals surface area contributed by atoms with E-state index in [1.54, 1.807) is 12.1 Å². The van der Waals surface area contributed by atoms with Crippen LogP contribution in [0.25, 0.3) is 11.3 Å². The van der Waals surface area contributed by atoms with Gasteiger partial charge >= 0.3 is 6.09 Å². The first-order valence-corrected chi connectivity index (χ1v) is 4.71. The Morgan fingerprint density at radius 3 is 2.76 bits per heavy atom. The fraction of sp³-hybridized carbons (Fsp3) is 0.100. The molecule has 0 radical (unpaired) electrons. The van der Waals surface area contributed by atoms with Crippen LogP contribution >= 0.6 is 0 Å². The SMILES string of the molecule is COc1ccc(-c2cc(N)n(C(=O)O)n2)cn1. The number of carboxylic acid groups (broad SMARTS) is 1. The average molecular weight is 234 g/mol. The predicted octanol–water partition coefficient (Wildman–Crippen LogP) is 1.06. The molecule has 3 N–H and O–H groups in total. The maximum absolute atomic E-state index is 10.8. The van der Waals surface area contributed by atoms with E-state index < -0.39 is 6.09 Å². The first kappa shape index (κ1) is 10.9. The second-order valence-corrected chi connectivity index (χ2v) is 3.24. The highest BCUT2D eigenvalue weighted by Crippen LogP contribution is 2.20. The molecule has 2 aromatic heterocycles. The molecule has 0 aliphatic heterocycles. The van der Waals surface area contributed by atoms with E-state index in [0.29, 0.717) is 21.8 Å². The molecule has 88 valence electrons. The standard InChI is InChI=1S/C10H10N4O3/c1-17-9-3-2-6(5-12-9)7-4-8(11)14(13-7)10(15)16/h2-5H,11H2,1H3,(H,15,16). The van der Waals surface area contributed by atoms with Crippen LogP contribution in [0.5, 0.6) is 5.88 Å². The zero-order chi connectivity index (χ0) is 12.4. The number of nitrogen functional groups attached to an aromatic ring is 1. The zero-order valence-electron chi connectivity index (χ0n) is 8.99. The summed E-state index contributed by atoms with van der Waals surface area (Å²) in [6.07, 6.45) is 0.308. The Balaban J connectivity index is 2.39. The van der Waals surface area contributed by atoms with Crippen LogP contribution in [0, 0.1) is 0 Å². The zero-order valence-corrected chi connectivity index (χ0v) is 8.99.